The second-order valence-electron chi connectivity index (χ2n) is 9.81. The maximum atomic E-state index is 13.8. The third kappa shape index (κ3) is 6.27. The topological polar surface area (TPSA) is 83.9 Å². The number of benzene rings is 2. The van der Waals surface area contributed by atoms with Crippen LogP contribution in [0.3, 0.4) is 0 Å². The minimum absolute atomic E-state index is 0.0384. The Balaban J connectivity index is 1.28. The Morgan fingerprint density at radius 1 is 1.06 bits per heavy atom. The zero-order valence-corrected chi connectivity index (χ0v) is 20.0. The van der Waals surface area contributed by atoms with Gasteiger partial charge in [-0.25, -0.2) is 9.18 Å². The fourth-order valence-corrected chi connectivity index (χ4v) is 5.14. The molecule has 1 unspecified atom stereocenters. The van der Waals surface area contributed by atoms with Crippen molar-refractivity contribution in [2.45, 2.75) is 64.5 Å². The number of aliphatic carboxylic acids is 1. The van der Waals surface area contributed by atoms with E-state index in [2.05, 4.69) is 0 Å². The van der Waals surface area contributed by atoms with Crippen LogP contribution >= 0.6 is 0 Å². The van der Waals surface area contributed by atoms with Crippen molar-refractivity contribution in [1.29, 1.82) is 0 Å². The molecule has 0 saturated heterocycles. The molecule has 6 nitrogen and oxygen atoms in total. The minimum atomic E-state index is -0.768. The number of halogens is 1. The number of ketones is 1. The van der Waals surface area contributed by atoms with Crippen LogP contribution in [0.25, 0.3) is 0 Å². The first kappa shape index (κ1) is 24.9. The van der Waals surface area contributed by atoms with Crippen molar-refractivity contribution in [3.8, 4) is 0 Å². The van der Waals surface area contributed by atoms with Gasteiger partial charge in [0.15, 0.2) is 0 Å². The highest BCUT2D eigenvalue weighted by atomic mass is 19.1. The Morgan fingerprint density at radius 2 is 1.80 bits per heavy atom. The van der Waals surface area contributed by atoms with E-state index in [9.17, 15) is 23.9 Å². The van der Waals surface area contributed by atoms with Gasteiger partial charge in [0.05, 0.1) is 5.92 Å². The molecule has 1 amide bonds. The summed E-state index contributed by atoms with van der Waals surface area (Å²) in [5, 5.41) is 9.20. The Labute approximate surface area is 205 Å². The van der Waals surface area contributed by atoms with Crippen molar-refractivity contribution in [3.05, 3.63) is 70.5 Å². The normalized spacial score (nSPS) is 20.6. The number of nitrogens with zero attached hydrogens (tertiary/aromatic N) is 1. The third-order valence-electron chi connectivity index (χ3n) is 7.37. The highest BCUT2D eigenvalue weighted by molar-refractivity contribution is 5.83. The minimum Gasteiger partial charge on any atom is -0.481 e. The maximum Gasteiger partial charge on any atom is 0.410 e. The van der Waals surface area contributed by atoms with Crippen LogP contribution in [0.5, 0.6) is 0 Å². The first-order valence-corrected chi connectivity index (χ1v) is 12.3. The Morgan fingerprint density at radius 3 is 2.51 bits per heavy atom. The van der Waals surface area contributed by atoms with E-state index >= 15 is 0 Å². The molecule has 1 heterocycles. The van der Waals surface area contributed by atoms with Crippen LogP contribution in [0.4, 0.5) is 9.18 Å². The van der Waals surface area contributed by atoms with Gasteiger partial charge in [0.1, 0.15) is 17.7 Å². The monoisotopic (exact) mass is 481 g/mol. The number of ether oxygens (including phenoxy) is 1. The summed E-state index contributed by atoms with van der Waals surface area (Å²) in [7, 11) is 0. The van der Waals surface area contributed by atoms with Crippen LogP contribution in [0.1, 0.15) is 54.9 Å². The van der Waals surface area contributed by atoms with Gasteiger partial charge in [-0.05, 0) is 66.3 Å². The number of carboxylic acid groups (broad SMARTS) is 1. The van der Waals surface area contributed by atoms with E-state index in [0.29, 0.717) is 37.9 Å². The quantitative estimate of drug-likeness (QED) is 0.605. The largest absolute Gasteiger partial charge is 0.481 e. The first-order valence-electron chi connectivity index (χ1n) is 12.3. The van der Waals surface area contributed by atoms with Gasteiger partial charge in [-0.1, -0.05) is 43.3 Å². The van der Waals surface area contributed by atoms with E-state index < -0.39 is 5.97 Å². The van der Waals surface area contributed by atoms with E-state index in [4.69, 9.17) is 4.74 Å². The SMILES string of the molecule is CC(C(=O)O)C1CCC(OC(=O)N2CCc3cc(CC(=O)Cc4ccccc4F)ccc3C2)CC1. The van der Waals surface area contributed by atoms with Crippen LogP contribution in [-0.2, 0) is 40.1 Å². The molecular weight excluding hydrogens is 449 g/mol. The number of hydrogen-bond acceptors (Lipinski definition) is 4. The number of amides is 1. The standard InChI is InChI=1S/C28H32FNO5/c1-18(27(32)33)20-8-10-25(11-9-20)35-28(34)30-13-12-21-14-19(6-7-23(21)17-30)15-24(31)16-22-4-2-3-5-26(22)29/h2-7,14,18,20,25H,8-13,15-17H2,1H3,(H,32,33). The number of carbonyl (C=O) groups excluding carboxylic acids is 2. The molecule has 0 radical (unpaired) electrons. The summed E-state index contributed by atoms with van der Waals surface area (Å²) in [6.45, 7) is 2.75. The molecule has 1 saturated carbocycles. The van der Waals surface area contributed by atoms with Crippen molar-refractivity contribution < 1.29 is 28.6 Å². The van der Waals surface area contributed by atoms with Gasteiger partial charge in [-0.2, -0.15) is 0 Å². The molecule has 0 spiro atoms. The van der Waals surface area contributed by atoms with E-state index in [-0.39, 0.29) is 48.5 Å². The van der Waals surface area contributed by atoms with Crippen molar-refractivity contribution in [1.82, 2.24) is 4.90 Å². The number of hydrogen-bond donors (Lipinski definition) is 1. The molecule has 2 aliphatic rings. The Bertz CT molecular complexity index is 1090. The smallest absolute Gasteiger partial charge is 0.410 e. The van der Waals surface area contributed by atoms with E-state index in [1.54, 1.807) is 30.0 Å². The van der Waals surface area contributed by atoms with Crippen LogP contribution in [0, 0.1) is 17.7 Å². The molecular formula is C28H32FNO5. The lowest BCUT2D eigenvalue weighted by atomic mass is 9.80. The maximum absolute atomic E-state index is 13.8. The second kappa shape index (κ2) is 11.0. The van der Waals surface area contributed by atoms with Crippen molar-refractivity contribution in [2.75, 3.05) is 6.54 Å². The molecule has 186 valence electrons. The molecule has 0 bridgehead atoms. The van der Waals surface area contributed by atoms with E-state index in [0.717, 1.165) is 29.5 Å². The van der Waals surface area contributed by atoms with Gasteiger partial charge in [0, 0.05) is 25.9 Å². The zero-order valence-electron chi connectivity index (χ0n) is 20.0. The van der Waals surface area contributed by atoms with E-state index in [1.807, 2.05) is 18.2 Å². The molecule has 0 aromatic heterocycles. The molecule has 4 rings (SSSR count). The number of fused-ring (bicyclic) bond motifs is 1. The lowest BCUT2D eigenvalue weighted by molar-refractivity contribution is -0.143. The molecule has 1 fully saturated rings. The highest BCUT2D eigenvalue weighted by Crippen LogP contribution is 2.32. The lowest BCUT2D eigenvalue weighted by Crippen LogP contribution is -2.39. The van der Waals surface area contributed by atoms with Gasteiger partial charge in [0.25, 0.3) is 0 Å². The summed E-state index contributed by atoms with van der Waals surface area (Å²) in [6.07, 6.45) is 3.42. The summed E-state index contributed by atoms with van der Waals surface area (Å²) < 4.78 is 19.6. The van der Waals surface area contributed by atoms with Crippen molar-refractivity contribution in [2.24, 2.45) is 11.8 Å². The molecule has 2 aromatic carbocycles. The molecule has 7 heteroatoms. The molecule has 2 aromatic rings. The molecule has 35 heavy (non-hydrogen) atoms. The summed E-state index contributed by atoms with van der Waals surface area (Å²) >= 11 is 0. The average molecular weight is 482 g/mol. The van der Waals surface area contributed by atoms with Crippen molar-refractivity contribution >= 4 is 17.8 Å². The Kier molecular flexibility index (Phi) is 7.83. The van der Waals surface area contributed by atoms with Crippen LogP contribution < -0.4 is 0 Å². The summed E-state index contributed by atoms with van der Waals surface area (Å²) in [5.41, 5.74) is 3.47. The van der Waals surface area contributed by atoms with Crippen LogP contribution in [0.2, 0.25) is 0 Å². The average Bonchev–Trinajstić information content (AvgIpc) is 2.85. The zero-order chi connectivity index (χ0) is 24.9. The van der Waals surface area contributed by atoms with Gasteiger partial charge in [-0.15, -0.1) is 0 Å². The van der Waals surface area contributed by atoms with E-state index in [1.165, 1.54) is 6.07 Å². The number of Topliss-reactive ketones (excluding diaryl/α,β-unsaturated/α-hetero) is 1. The molecule has 1 aliphatic carbocycles. The first-order chi connectivity index (χ1) is 16.8. The van der Waals surface area contributed by atoms with Gasteiger partial charge < -0.3 is 14.7 Å². The van der Waals surface area contributed by atoms with Crippen molar-refractivity contribution in [3.63, 3.8) is 0 Å². The fourth-order valence-electron chi connectivity index (χ4n) is 5.14. The summed E-state index contributed by atoms with van der Waals surface area (Å²) in [4.78, 5) is 38.1. The third-order valence-corrected chi connectivity index (χ3v) is 7.37. The van der Waals surface area contributed by atoms with Gasteiger partial charge in [-0.3, -0.25) is 9.59 Å². The predicted molar refractivity (Wildman–Crippen MR) is 128 cm³/mol. The number of rotatable bonds is 7. The second-order valence-corrected chi connectivity index (χ2v) is 9.81. The highest BCUT2D eigenvalue weighted by Gasteiger charge is 2.32. The summed E-state index contributed by atoms with van der Waals surface area (Å²) in [6, 6.07) is 12.2. The number of carboxylic acids is 1. The van der Waals surface area contributed by atoms with Crippen LogP contribution in [0.15, 0.2) is 42.5 Å². The summed E-state index contributed by atoms with van der Waals surface area (Å²) in [5.74, 6) is -1.40. The van der Waals surface area contributed by atoms with Gasteiger partial charge in [0.2, 0.25) is 0 Å². The predicted octanol–water partition coefficient (Wildman–Crippen LogP) is 4.95. The molecule has 1 aliphatic heterocycles. The Hall–Kier alpha value is -3.22. The van der Waals surface area contributed by atoms with Crippen LogP contribution in [-0.4, -0.2) is 40.5 Å². The molecule has 1 atom stereocenters. The van der Waals surface area contributed by atoms with Gasteiger partial charge >= 0.3 is 12.1 Å². The number of carbonyl (C=O) groups is 3. The lowest BCUT2D eigenvalue weighted by Gasteiger charge is -2.33. The fraction of sp³-hybridized carbons (Fsp3) is 0.464. The molecule has 1 N–H and O–H groups in total.